The summed E-state index contributed by atoms with van der Waals surface area (Å²) in [6.07, 6.45) is -0.758. The summed E-state index contributed by atoms with van der Waals surface area (Å²) in [5.74, 6) is -1.67. The molecule has 0 aliphatic heterocycles. The van der Waals surface area contributed by atoms with Crippen LogP contribution in [0.3, 0.4) is 0 Å². The van der Waals surface area contributed by atoms with E-state index in [0.29, 0.717) is 0 Å². The lowest BCUT2D eigenvalue weighted by molar-refractivity contribution is 0.598. The van der Waals surface area contributed by atoms with Crippen LogP contribution in [0.5, 0.6) is 0 Å². The molecule has 0 fully saturated rings. The molecule has 0 saturated carbocycles. The van der Waals surface area contributed by atoms with E-state index in [0.717, 1.165) is 0 Å². The van der Waals surface area contributed by atoms with Crippen LogP contribution in [0.15, 0.2) is 162 Å². The number of benzene rings is 6. The number of aromatic nitrogens is 2. The van der Waals surface area contributed by atoms with Crippen LogP contribution in [0, 0.1) is 0 Å². The van der Waals surface area contributed by atoms with Crippen molar-refractivity contribution >= 4 is 43.4 Å². The monoisotopic (exact) mass is 600 g/mol. The smallest absolute Gasteiger partial charge is 0.135 e. The predicted octanol–water partition coefficient (Wildman–Crippen LogP) is 11.4. The number of furan rings is 1. The van der Waals surface area contributed by atoms with Gasteiger partial charge in [0.05, 0.1) is 52.4 Å². The van der Waals surface area contributed by atoms with Crippen LogP contribution in [0.25, 0.3) is 88.4 Å². The van der Waals surface area contributed by atoms with E-state index in [-0.39, 0.29) is 0 Å². The van der Waals surface area contributed by atoms with Crippen molar-refractivity contribution in [3.05, 3.63) is 157 Å². The van der Waals surface area contributed by atoms with Gasteiger partial charge in [-0.3, -0.25) is 4.98 Å². The molecule has 210 valence electrons. The Morgan fingerprint density at radius 3 is 2.02 bits per heavy atom. The molecule has 0 aliphatic rings. The summed E-state index contributed by atoms with van der Waals surface area (Å²) < 4.78 is 234. The van der Waals surface area contributed by atoms with E-state index in [1.165, 1.54) is 0 Å². The lowest BCUT2D eigenvalue weighted by Gasteiger charge is -2.13. The Labute approximate surface area is 296 Å². The molecule has 0 bridgehead atoms. The maximum Gasteiger partial charge on any atom is 0.135 e. The molecule has 3 aromatic heterocycles. The van der Waals surface area contributed by atoms with Gasteiger partial charge in [0.25, 0.3) is 0 Å². The van der Waals surface area contributed by atoms with Gasteiger partial charge in [-0.05, 0) is 62.9 Å². The minimum atomic E-state index is -1.04. The lowest BCUT2D eigenvalue weighted by atomic mass is 9.92. The van der Waals surface area contributed by atoms with E-state index in [1.807, 2.05) is 0 Å². The summed E-state index contributed by atoms with van der Waals surface area (Å²) in [4.78, 5) is 8.43. The zero-order valence-corrected chi connectivity index (χ0v) is 22.3. The van der Waals surface area contributed by atoms with Crippen molar-refractivity contribution < 1.29 is 40.1 Å². The Kier molecular flexibility index (Phi) is 2.41. The fourth-order valence-electron chi connectivity index (χ4n) is 4.79. The number of nitrogens with zero attached hydrogens (tertiary/aromatic N) is 2. The number of hydrogen-bond donors (Lipinski definition) is 0. The van der Waals surface area contributed by atoms with Crippen molar-refractivity contribution in [3.63, 3.8) is 0 Å². The molecule has 9 rings (SSSR count). The standard InChI is InChI=1S/C42H26N2O/c1-2-13-32-27(8-1)9-6-16-37(32)40-24-23-39(45-40)31-11-5-10-30(26-31)33-20-21-36(35-15-4-3-14-34(33)35)38-22-19-29-18-17-28-12-7-25-43-41(28)42(29)44-38/h1-26H/i1D,2D,3D,4D,5D,6D,7D,8D,9D,10D,11D,12D,13D,14D,15D,16D,17D,18D,19D,20D,21D,22D,23D,24D,25D,26D. The Morgan fingerprint density at radius 2 is 1.11 bits per heavy atom. The molecule has 0 amide bonds. The summed E-state index contributed by atoms with van der Waals surface area (Å²) >= 11 is 0. The summed E-state index contributed by atoms with van der Waals surface area (Å²) in [7, 11) is 0. The summed E-state index contributed by atoms with van der Waals surface area (Å²) in [5, 5.41) is -3.35. The summed E-state index contributed by atoms with van der Waals surface area (Å²) in [6.45, 7) is 0. The van der Waals surface area contributed by atoms with Gasteiger partial charge >= 0.3 is 0 Å². The zero-order valence-electron chi connectivity index (χ0n) is 48.3. The van der Waals surface area contributed by atoms with Crippen LogP contribution < -0.4 is 0 Å². The molecular formula is C42H26N2O. The van der Waals surface area contributed by atoms with Gasteiger partial charge in [0.15, 0.2) is 0 Å². The average molecular weight is 601 g/mol. The predicted molar refractivity (Wildman–Crippen MR) is 186 cm³/mol. The van der Waals surface area contributed by atoms with Gasteiger partial charge in [0.2, 0.25) is 0 Å². The van der Waals surface area contributed by atoms with Crippen LogP contribution in [0.4, 0.5) is 0 Å². The first-order chi connectivity index (χ1) is 33.1. The summed E-state index contributed by atoms with van der Waals surface area (Å²) in [6, 6.07) is -21.9. The van der Waals surface area contributed by atoms with Crippen LogP contribution in [0.1, 0.15) is 35.6 Å². The van der Waals surface area contributed by atoms with Gasteiger partial charge in [0.1, 0.15) is 11.5 Å². The minimum Gasteiger partial charge on any atom is -0.456 e. The first-order valence-electron chi connectivity index (χ1n) is 26.1. The van der Waals surface area contributed by atoms with Crippen molar-refractivity contribution in [2.24, 2.45) is 0 Å². The van der Waals surface area contributed by atoms with E-state index in [1.54, 1.807) is 0 Å². The molecule has 45 heavy (non-hydrogen) atoms. The molecule has 0 N–H and O–H groups in total. The molecule has 0 aliphatic carbocycles. The van der Waals surface area contributed by atoms with Gasteiger partial charge in [0, 0.05) is 33.6 Å². The molecule has 6 aromatic carbocycles. The van der Waals surface area contributed by atoms with Crippen LogP contribution in [0.2, 0.25) is 0 Å². The second-order valence-electron chi connectivity index (χ2n) is 9.39. The Morgan fingerprint density at radius 1 is 0.444 bits per heavy atom. The second-order valence-corrected chi connectivity index (χ2v) is 9.39. The molecule has 0 spiro atoms. The largest absolute Gasteiger partial charge is 0.456 e. The Bertz CT molecular complexity index is 4010. The van der Waals surface area contributed by atoms with Gasteiger partial charge < -0.3 is 4.42 Å². The van der Waals surface area contributed by atoms with Crippen LogP contribution >= 0.6 is 0 Å². The molecule has 0 atom stereocenters. The van der Waals surface area contributed by atoms with Gasteiger partial charge in [-0.2, -0.15) is 0 Å². The molecular weight excluding hydrogens is 548 g/mol. The highest BCUT2D eigenvalue weighted by molar-refractivity contribution is 6.07. The van der Waals surface area contributed by atoms with Crippen LogP contribution in [-0.4, -0.2) is 9.97 Å². The van der Waals surface area contributed by atoms with Crippen molar-refractivity contribution in [2.75, 3.05) is 0 Å². The molecule has 3 nitrogen and oxygen atoms in total. The van der Waals surface area contributed by atoms with E-state index >= 15 is 0 Å². The van der Waals surface area contributed by atoms with E-state index in [4.69, 9.17) is 35.9 Å². The fourth-order valence-corrected chi connectivity index (χ4v) is 4.79. The van der Waals surface area contributed by atoms with Gasteiger partial charge in [-0.15, -0.1) is 0 Å². The molecule has 0 radical (unpaired) electrons. The topological polar surface area (TPSA) is 38.9 Å². The lowest BCUT2D eigenvalue weighted by Crippen LogP contribution is -1.91. The summed E-state index contributed by atoms with van der Waals surface area (Å²) in [5.41, 5.74) is -5.42. The number of rotatable bonds is 4. The highest BCUT2D eigenvalue weighted by Crippen LogP contribution is 2.38. The highest BCUT2D eigenvalue weighted by atomic mass is 16.3. The number of fused-ring (bicyclic) bond motifs is 5. The van der Waals surface area contributed by atoms with E-state index < -0.39 is 246 Å². The van der Waals surface area contributed by atoms with Crippen molar-refractivity contribution in [2.45, 2.75) is 0 Å². The molecule has 0 saturated heterocycles. The normalized spacial score (nSPS) is 19.6. The van der Waals surface area contributed by atoms with Gasteiger partial charge in [-0.1, -0.05) is 121 Å². The zero-order chi connectivity index (χ0) is 52.4. The van der Waals surface area contributed by atoms with Crippen molar-refractivity contribution in [1.82, 2.24) is 9.97 Å². The number of hydrogen-bond acceptors (Lipinski definition) is 3. The maximum absolute atomic E-state index is 9.52. The minimum absolute atomic E-state index is 0.426. The molecule has 3 heteroatoms. The average Bonchev–Trinajstić information content (AvgIpc) is 3.61. The van der Waals surface area contributed by atoms with E-state index in [9.17, 15) is 4.11 Å². The number of pyridine rings is 2. The van der Waals surface area contributed by atoms with Crippen LogP contribution in [-0.2, 0) is 0 Å². The van der Waals surface area contributed by atoms with Gasteiger partial charge in [-0.25, -0.2) is 4.98 Å². The second kappa shape index (κ2) is 10.3. The Balaban J connectivity index is 1.40. The highest BCUT2D eigenvalue weighted by Gasteiger charge is 2.14. The van der Waals surface area contributed by atoms with Crippen molar-refractivity contribution in [3.8, 4) is 45.0 Å². The molecule has 3 heterocycles. The molecule has 0 unspecified atom stereocenters. The first kappa shape index (κ1) is 10.5. The first-order valence-corrected chi connectivity index (χ1v) is 13.1. The van der Waals surface area contributed by atoms with Crippen molar-refractivity contribution in [1.29, 1.82) is 0 Å². The Hall–Kier alpha value is -6.06. The SMILES string of the molecule is [2H]c1nc2c(c([2H])c1[2H])c([2H])c([2H])c1c([2H])c([2H])c(-c3c([2H])c([2H])c(-c4c([2H])c([2H])c([2H])c(-c5oc(-c6c([2H])c([2H])c([2H])c7c([2H])c([2H])c([2H])c([2H])c67)c([2H])c5[2H])c4[2H])c4c([2H])c([2H])c([2H])c([2H])c34)nc12. The maximum atomic E-state index is 9.52. The van der Waals surface area contributed by atoms with E-state index in [2.05, 4.69) is 9.97 Å². The third-order valence-corrected chi connectivity index (χ3v) is 6.82. The molecule has 9 aromatic rings. The fraction of sp³-hybridized carbons (Fsp3) is 0. The third kappa shape index (κ3) is 4.29. The third-order valence-electron chi connectivity index (χ3n) is 6.82. The quantitative estimate of drug-likeness (QED) is 0.189.